The normalized spacial score (nSPS) is 11.7. The number of aryl methyl sites for hydroxylation is 1. The minimum Gasteiger partial charge on any atom is -0.497 e. The van der Waals surface area contributed by atoms with E-state index in [0.29, 0.717) is 18.7 Å². The molecule has 0 aliphatic rings. The second kappa shape index (κ2) is 10.1. The minimum absolute atomic E-state index is 0.199. The number of methoxy groups -OCH3 is 2. The molecule has 0 saturated carbocycles. The van der Waals surface area contributed by atoms with Crippen LogP contribution in [-0.4, -0.2) is 30.9 Å². The van der Waals surface area contributed by atoms with E-state index in [9.17, 15) is 9.00 Å². The quantitative estimate of drug-likeness (QED) is 0.561. The molecule has 2 aromatic carbocycles. The Morgan fingerprint density at radius 2 is 1.87 bits per heavy atom. The molecule has 0 aliphatic heterocycles. The van der Waals surface area contributed by atoms with Gasteiger partial charge in [0.2, 0.25) is 0 Å². The lowest BCUT2D eigenvalue weighted by Crippen LogP contribution is -2.25. The van der Waals surface area contributed by atoms with Crippen molar-refractivity contribution < 1.29 is 22.9 Å². The van der Waals surface area contributed by atoms with Gasteiger partial charge in [-0.25, -0.2) is 0 Å². The van der Waals surface area contributed by atoms with Crippen LogP contribution < -0.4 is 14.8 Å². The highest BCUT2D eigenvalue weighted by Gasteiger charge is 2.15. The van der Waals surface area contributed by atoms with Gasteiger partial charge in [-0.15, -0.1) is 0 Å². The van der Waals surface area contributed by atoms with Gasteiger partial charge in [0, 0.05) is 11.4 Å². The van der Waals surface area contributed by atoms with Gasteiger partial charge in [-0.3, -0.25) is 9.00 Å². The van der Waals surface area contributed by atoms with E-state index in [1.807, 2.05) is 49.4 Å². The Balaban J connectivity index is 1.57. The monoisotopic (exact) mass is 427 g/mol. The lowest BCUT2D eigenvalue weighted by Gasteiger charge is -2.10. The number of carbonyl (C=O) groups excluding carboxylic acids is 1. The fourth-order valence-corrected chi connectivity index (χ4v) is 4.30. The SMILES string of the molecule is COc1ccc(OC)c(CCNC(=O)c2ccc(CS(=O)c3ccccc3C)o2)c1. The van der Waals surface area contributed by atoms with Crippen LogP contribution in [0, 0.1) is 6.92 Å². The van der Waals surface area contributed by atoms with Gasteiger partial charge in [0.25, 0.3) is 5.91 Å². The second-order valence-electron chi connectivity index (χ2n) is 6.70. The summed E-state index contributed by atoms with van der Waals surface area (Å²) in [6.45, 7) is 2.33. The summed E-state index contributed by atoms with van der Waals surface area (Å²) in [5.41, 5.74) is 1.90. The average molecular weight is 428 g/mol. The van der Waals surface area contributed by atoms with E-state index < -0.39 is 10.8 Å². The van der Waals surface area contributed by atoms with E-state index in [0.717, 1.165) is 27.5 Å². The van der Waals surface area contributed by atoms with Crippen molar-refractivity contribution in [1.29, 1.82) is 0 Å². The van der Waals surface area contributed by atoms with Crippen LogP contribution in [-0.2, 0) is 23.0 Å². The number of hydrogen-bond acceptors (Lipinski definition) is 5. The number of ether oxygens (including phenoxy) is 2. The first kappa shape index (κ1) is 21.6. The first-order chi connectivity index (χ1) is 14.5. The molecule has 3 rings (SSSR count). The smallest absolute Gasteiger partial charge is 0.287 e. The molecule has 1 heterocycles. The zero-order chi connectivity index (χ0) is 21.5. The predicted molar refractivity (Wildman–Crippen MR) is 116 cm³/mol. The van der Waals surface area contributed by atoms with Gasteiger partial charge >= 0.3 is 0 Å². The fourth-order valence-electron chi connectivity index (χ4n) is 3.07. The maximum atomic E-state index is 12.6. The van der Waals surface area contributed by atoms with Gasteiger partial charge in [-0.1, -0.05) is 18.2 Å². The second-order valence-corrected chi connectivity index (χ2v) is 8.12. The highest BCUT2D eigenvalue weighted by atomic mass is 32.2. The third-order valence-corrected chi connectivity index (χ3v) is 6.16. The molecule has 0 fully saturated rings. The van der Waals surface area contributed by atoms with Gasteiger partial charge in [0.1, 0.15) is 17.3 Å². The fraction of sp³-hybridized carbons (Fsp3) is 0.261. The summed E-state index contributed by atoms with van der Waals surface area (Å²) in [7, 11) is 1.98. The topological polar surface area (TPSA) is 77.8 Å². The molecule has 1 N–H and O–H groups in total. The number of carbonyl (C=O) groups is 1. The Bertz CT molecular complexity index is 1040. The number of hydrogen-bond donors (Lipinski definition) is 1. The first-order valence-electron chi connectivity index (χ1n) is 9.53. The molecule has 30 heavy (non-hydrogen) atoms. The van der Waals surface area contributed by atoms with Crippen molar-refractivity contribution in [2.24, 2.45) is 0 Å². The summed E-state index contributed by atoms with van der Waals surface area (Å²) in [6, 6.07) is 16.4. The minimum atomic E-state index is -1.23. The first-order valence-corrected chi connectivity index (χ1v) is 10.9. The molecule has 158 valence electrons. The van der Waals surface area contributed by atoms with E-state index in [1.165, 1.54) is 0 Å². The standard InChI is InChI=1S/C23H25NO5S/c1-16-6-4-5-7-22(16)30(26)15-19-9-11-21(29-19)23(25)24-13-12-17-14-18(27-2)8-10-20(17)28-3/h4-11,14H,12-13,15H2,1-3H3,(H,24,25). The largest absolute Gasteiger partial charge is 0.497 e. The van der Waals surface area contributed by atoms with Crippen LogP contribution in [0.5, 0.6) is 11.5 Å². The molecule has 1 unspecified atom stereocenters. The lowest BCUT2D eigenvalue weighted by molar-refractivity contribution is 0.0925. The van der Waals surface area contributed by atoms with Crippen molar-refractivity contribution in [2.75, 3.05) is 20.8 Å². The molecule has 3 aromatic rings. The Labute approximate surface area is 178 Å². The van der Waals surface area contributed by atoms with Crippen molar-refractivity contribution in [1.82, 2.24) is 5.32 Å². The molecule has 7 heteroatoms. The molecule has 0 saturated heterocycles. The van der Waals surface area contributed by atoms with Gasteiger partial charge in [0.05, 0.1) is 30.8 Å². The van der Waals surface area contributed by atoms with E-state index in [2.05, 4.69) is 5.32 Å². The van der Waals surface area contributed by atoms with Crippen LogP contribution in [0.3, 0.4) is 0 Å². The third kappa shape index (κ3) is 5.30. The highest BCUT2D eigenvalue weighted by Crippen LogP contribution is 2.24. The summed E-state index contributed by atoms with van der Waals surface area (Å²) in [6.07, 6.45) is 0.580. The van der Waals surface area contributed by atoms with Crippen LogP contribution in [0.2, 0.25) is 0 Å². The molecule has 0 spiro atoms. The van der Waals surface area contributed by atoms with Crippen LogP contribution >= 0.6 is 0 Å². The molecular formula is C23H25NO5S. The van der Waals surface area contributed by atoms with Crippen molar-refractivity contribution in [2.45, 2.75) is 24.0 Å². The molecule has 1 amide bonds. The number of furan rings is 1. The molecule has 1 aromatic heterocycles. The lowest BCUT2D eigenvalue weighted by atomic mass is 10.1. The van der Waals surface area contributed by atoms with Crippen LogP contribution in [0.25, 0.3) is 0 Å². The van der Waals surface area contributed by atoms with E-state index in [4.69, 9.17) is 13.9 Å². The number of nitrogens with one attached hydrogen (secondary N) is 1. The molecular weight excluding hydrogens is 402 g/mol. The Kier molecular flexibility index (Phi) is 7.30. The third-order valence-electron chi connectivity index (χ3n) is 4.67. The molecule has 1 atom stereocenters. The number of rotatable bonds is 9. The van der Waals surface area contributed by atoms with Gasteiger partial charge in [0.15, 0.2) is 5.76 Å². The summed E-state index contributed by atoms with van der Waals surface area (Å²) in [5, 5.41) is 2.84. The molecule has 0 radical (unpaired) electrons. The van der Waals surface area contributed by atoms with Crippen molar-refractivity contribution in [3.63, 3.8) is 0 Å². The maximum Gasteiger partial charge on any atom is 0.287 e. The zero-order valence-corrected chi connectivity index (χ0v) is 18.1. The summed E-state index contributed by atoms with van der Waals surface area (Å²) < 4.78 is 28.8. The number of benzene rings is 2. The Hall–Kier alpha value is -3.06. The number of amides is 1. The molecule has 0 bridgehead atoms. The van der Waals surface area contributed by atoms with Crippen molar-refractivity contribution in [3.05, 3.63) is 77.2 Å². The molecule has 6 nitrogen and oxygen atoms in total. The average Bonchev–Trinajstić information content (AvgIpc) is 3.22. The molecule has 0 aliphatic carbocycles. The van der Waals surface area contributed by atoms with Crippen molar-refractivity contribution >= 4 is 16.7 Å². The Morgan fingerprint density at radius 1 is 1.07 bits per heavy atom. The summed E-state index contributed by atoms with van der Waals surface area (Å²) in [5.74, 6) is 2.09. The Morgan fingerprint density at radius 3 is 2.60 bits per heavy atom. The van der Waals surface area contributed by atoms with E-state index in [-0.39, 0.29) is 17.4 Å². The summed E-state index contributed by atoms with van der Waals surface area (Å²) >= 11 is 0. The van der Waals surface area contributed by atoms with E-state index in [1.54, 1.807) is 26.4 Å². The van der Waals surface area contributed by atoms with E-state index >= 15 is 0 Å². The predicted octanol–water partition coefficient (Wildman–Crippen LogP) is 3.89. The van der Waals surface area contributed by atoms with Gasteiger partial charge in [-0.2, -0.15) is 0 Å². The summed E-state index contributed by atoms with van der Waals surface area (Å²) in [4.78, 5) is 13.2. The zero-order valence-electron chi connectivity index (χ0n) is 17.3. The van der Waals surface area contributed by atoms with Gasteiger partial charge in [-0.05, 0) is 60.9 Å². The van der Waals surface area contributed by atoms with Crippen LogP contribution in [0.4, 0.5) is 0 Å². The van der Waals surface area contributed by atoms with Gasteiger partial charge < -0.3 is 19.2 Å². The van der Waals surface area contributed by atoms with Crippen molar-refractivity contribution in [3.8, 4) is 11.5 Å². The maximum absolute atomic E-state index is 12.6. The van der Waals surface area contributed by atoms with Crippen LogP contribution in [0.15, 0.2) is 63.9 Å². The highest BCUT2D eigenvalue weighted by molar-refractivity contribution is 7.84. The van der Waals surface area contributed by atoms with Crippen LogP contribution in [0.1, 0.15) is 27.4 Å².